The van der Waals surface area contributed by atoms with Gasteiger partial charge in [-0.3, -0.25) is 9.69 Å². The van der Waals surface area contributed by atoms with Crippen molar-refractivity contribution in [3.63, 3.8) is 0 Å². The van der Waals surface area contributed by atoms with Gasteiger partial charge in [0.2, 0.25) is 5.91 Å². The van der Waals surface area contributed by atoms with Gasteiger partial charge in [-0.05, 0) is 81.5 Å². The van der Waals surface area contributed by atoms with Crippen LogP contribution in [0.15, 0.2) is 42.5 Å². The normalized spacial score (nSPS) is 11.9. The number of hydrogen-bond acceptors (Lipinski definition) is 4. The second kappa shape index (κ2) is 17.0. The topological polar surface area (TPSA) is 38.8 Å². The predicted octanol–water partition coefficient (Wildman–Crippen LogP) is 5.42. The molecule has 0 heterocycles. The maximum Gasteiger partial charge on any atom is 0.234 e. The number of fused-ring (bicyclic) bond motifs is 1. The summed E-state index contributed by atoms with van der Waals surface area (Å²) in [4.78, 5) is 20.2. The molecule has 0 saturated carbocycles. The molecule has 204 valence electrons. The standard InChI is InChI=1S/C30H50N4O.ClH/c1-7-32(8-2)22-20-30(21-23-33(9-3)10-4,25-31-29(35)24-34(11-5)12-6)28-19-15-17-26-16-13-14-18-27(26)28;/h13-19H,7-12,20-25H2,1-6H3,(H,31,35);1H. The van der Waals surface area contributed by atoms with E-state index in [1.54, 1.807) is 0 Å². The van der Waals surface area contributed by atoms with Crippen LogP contribution in [-0.4, -0.2) is 86.1 Å². The number of halogens is 1. The van der Waals surface area contributed by atoms with Gasteiger partial charge in [-0.15, -0.1) is 12.4 Å². The zero-order chi connectivity index (χ0) is 25.7. The van der Waals surface area contributed by atoms with E-state index in [2.05, 4.69) is 104 Å². The third-order valence-corrected chi connectivity index (χ3v) is 7.85. The molecule has 0 aliphatic heterocycles. The summed E-state index contributed by atoms with van der Waals surface area (Å²) in [6, 6.07) is 15.4. The zero-order valence-electron chi connectivity index (χ0n) is 23.7. The third-order valence-electron chi connectivity index (χ3n) is 7.85. The average molecular weight is 519 g/mol. The predicted molar refractivity (Wildman–Crippen MR) is 158 cm³/mol. The van der Waals surface area contributed by atoms with Crippen molar-refractivity contribution < 1.29 is 4.79 Å². The Balaban J connectivity index is 0.00000648. The highest BCUT2D eigenvalue weighted by molar-refractivity contribution is 5.87. The number of carbonyl (C=O) groups is 1. The van der Waals surface area contributed by atoms with E-state index >= 15 is 0 Å². The number of rotatable bonds is 17. The van der Waals surface area contributed by atoms with Crippen molar-refractivity contribution in [3.8, 4) is 0 Å². The first-order valence-corrected chi connectivity index (χ1v) is 13.9. The molecule has 0 aliphatic rings. The molecular formula is C30H51ClN4O. The Labute approximate surface area is 227 Å². The number of likely N-dealkylation sites (N-methyl/N-ethyl adjacent to an activating group) is 1. The van der Waals surface area contributed by atoms with Crippen molar-refractivity contribution in [2.24, 2.45) is 0 Å². The molecule has 2 aromatic carbocycles. The number of hydrogen-bond donors (Lipinski definition) is 1. The Kier molecular flexibility index (Phi) is 15.3. The molecular weight excluding hydrogens is 468 g/mol. The molecule has 0 unspecified atom stereocenters. The van der Waals surface area contributed by atoms with Crippen LogP contribution in [0.25, 0.3) is 10.8 Å². The molecule has 2 aromatic rings. The summed E-state index contributed by atoms with van der Waals surface area (Å²) in [6.45, 7) is 22.4. The lowest BCUT2D eigenvalue weighted by Crippen LogP contribution is -2.47. The Bertz CT molecular complexity index is 857. The molecule has 1 N–H and O–H groups in total. The largest absolute Gasteiger partial charge is 0.354 e. The lowest BCUT2D eigenvalue weighted by molar-refractivity contribution is -0.122. The zero-order valence-corrected chi connectivity index (χ0v) is 24.5. The molecule has 0 fully saturated rings. The van der Waals surface area contributed by atoms with Gasteiger partial charge in [0, 0.05) is 12.0 Å². The number of amides is 1. The van der Waals surface area contributed by atoms with Crippen LogP contribution in [0.2, 0.25) is 0 Å². The summed E-state index contributed by atoms with van der Waals surface area (Å²) in [5, 5.41) is 5.97. The molecule has 2 rings (SSSR count). The quantitative estimate of drug-likeness (QED) is 0.303. The molecule has 0 aliphatic carbocycles. The fourth-order valence-corrected chi connectivity index (χ4v) is 5.15. The molecule has 36 heavy (non-hydrogen) atoms. The molecule has 0 aromatic heterocycles. The minimum Gasteiger partial charge on any atom is -0.354 e. The molecule has 0 radical (unpaired) electrons. The van der Waals surface area contributed by atoms with Crippen LogP contribution in [0.3, 0.4) is 0 Å². The molecule has 0 saturated heterocycles. The van der Waals surface area contributed by atoms with Gasteiger partial charge in [0.1, 0.15) is 0 Å². The molecule has 0 atom stereocenters. The van der Waals surface area contributed by atoms with E-state index in [-0.39, 0.29) is 23.7 Å². The van der Waals surface area contributed by atoms with E-state index in [4.69, 9.17) is 0 Å². The first-order valence-electron chi connectivity index (χ1n) is 13.9. The minimum atomic E-state index is -0.134. The van der Waals surface area contributed by atoms with E-state index in [1.165, 1.54) is 16.3 Å². The molecule has 5 nitrogen and oxygen atoms in total. The second-order valence-electron chi connectivity index (χ2n) is 9.60. The van der Waals surface area contributed by atoms with Crippen molar-refractivity contribution in [1.29, 1.82) is 0 Å². The van der Waals surface area contributed by atoms with E-state index in [9.17, 15) is 4.79 Å². The highest BCUT2D eigenvalue weighted by Crippen LogP contribution is 2.37. The highest BCUT2D eigenvalue weighted by atomic mass is 35.5. The fourth-order valence-electron chi connectivity index (χ4n) is 5.15. The number of carbonyl (C=O) groups excluding carboxylic acids is 1. The second-order valence-corrected chi connectivity index (χ2v) is 9.60. The lowest BCUT2D eigenvalue weighted by atomic mass is 9.72. The molecule has 6 heteroatoms. The summed E-state index contributed by atoms with van der Waals surface area (Å²) in [7, 11) is 0. The van der Waals surface area contributed by atoms with Crippen LogP contribution in [0, 0.1) is 0 Å². The maximum absolute atomic E-state index is 13.0. The smallest absolute Gasteiger partial charge is 0.234 e. The van der Waals surface area contributed by atoms with Crippen molar-refractivity contribution >= 4 is 29.1 Å². The Morgan fingerprint density at radius 1 is 0.722 bits per heavy atom. The van der Waals surface area contributed by atoms with Gasteiger partial charge in [0.25, 0.3) is 0 Å². The van der Waals surface area contributed by atoms with E-state index < -0.39 is 0 Å². The summed E-state index contributed by atoms with van der Waals surface area (Å²) >= 11 is 0. The van der Waals surface area contributed by atoms with Crippen LogP contribution >= 0.6 is 12.4 Å². The summed E-state index contributed by atoms with van der Waals surface area (Å²) in [6.07, 6.45) is 2.05. The maximum atomic E-state index is 13.0. The van der Waals surface area contributed by atoms with Crippen LogP contribution in [0.1, 0.15) is 59.9 Å². The fraction of sp³-hybridized carbons (Fsp3) is 0.633. The van der Waals surface area contributed by atoms with Crippen molar-refractivity contribution in [2.45, 2.75) is 59.8 Å². The summed E-state index contributed by atoms with van der Waals surface area (Å²) in [5.74, 6) is 0.129. The van der Waals surface area contributed by atoms with Gasteiger partial charge in [-0.1, -0.05) is 84.0 Å². The van der Waals surface area contributed by atoms with E-state index in [1.807, 2.05) is 0 Å². The molecule has 0 spiro atoms. The molecule has 1 amide bonds. The van der Waals surface area contributed by atoms with Crippen LogP contribution in [0.4, 0.5) is 0 Å². The third kappa shape index (κ3) is 9.02. The first-order chi connectivity index (χ1) is 17.0. The van der Waals surface area contributed by atoms with Crippen molar-refractivity contribution in [1.82, 2.24) is 20.0 Å². The number of nitrogens with zero attached hydrogens (tertiary/aromatic N) is 3. The lowest BCUT2D eigenvalue weighted by Gasteiger charge is -2.39. The van der Waals surface area contributed by atoms with Crippen LogP contribution in [-0.2, 0) is 10.2 Å². The van der Waals surface area contributed by atoms with E-state index in [0.29, 0.717) is 13.1 Å². The van der Waals surface area contributed by atoms with Gasteiger partial charge >= 0.3 is 0 Å². The Morgan fingerprint density at radius 2 is 1.22 bits per heavy atom. The van der Waals surface area contributed by atoms with Crippen LogP contribution < -0.4 is 5.32 Å². The molecule has 0 bridgehead atoms. The average Bonchev–Trinajstić information content (AvgIpc) is 2.90. The Morgan fingerprint density at radius 3 is 1.75 bits per heavy atom. The SMILES string of the molecule is CCN(CC)CCC(CCN(CC)CC)(CNC(=O)CN(CC)CC)c1cccc2ccccc12.Cl. The monoisotopic (exact) mass is 518 g/mol. The minimum absolute atomic E-state index is 0. The summed E-state index contributed by atoms with van der Waals surface area (Å²) in [5.41, 5.74) is 1.24. The van der Waals surface area contributed by atoms with Crippen LogP contribution in [0.5, 0.6) is 0 Å². The van der Waals surface area contributed by atoms with Gasteiger partial charge in [-0.2, -0.15) is 0 Å². The highest BCUT2D eigenvalue weighted by Gasteiger charge is 2.34. The Hall–Kier alpha value is -1.66. The summed E-state index contributed by atoms with van der Waals surface area (Å²) < 4.78 is 0. The van der Waals surface area contributed by atoms with Gasteiger partial charge < -0.3 is 15.1 Å². The first kappa shape index (κ1) is 32.4. The van der Waals surface area contributed by atoms with E-state index in [0.717, 1.165) is 65.2 Å². The van der Waals surface area contributed by atoms with Gasteiger partial charge in [0.05, 0.1) is 6.54 Å². The van der Waals surface area contributed by atoms with Gasteiger partial charge in [-0.25, -0.2) is 0 Å². The van der Waals surface area contributed by atoms with Crippen molar-refractivity contribution in [2.75, 3.05) is 65.4 Å². The van der Waals surface area contributed by atoms with Gasteiger partial charge in [0.15, 0.2) is 0 Å². The number of nitrogens with one attached hydrogen (secondary N) is 1. The van der Waals surface area contributed by atoms with Crippen molar-refractivity contribution in [3.05, 3.63) is 48.0 Å². The number of benzene rings is 2.